The summed E-state index contributed by atoms with van der Waals surface area (Å²) in [5.74, 6) is 0.675. The molecule has 0 N–H and O–H groups in total. The molecule has 0 aliphatic carbocycles. The van der Waals surface area contributed by atoms with Crippen LogP contribution in [0.4, 0.5) is 5.69 Å². The summed E-state index contributed by atoms with van der Waals surface area (Å²) in [5, 5.41) is 11.0. The number of non-ortho nitro benzene ring substituents is 1. The Morgan fingerprint density at radius 1 is 1.06 bits per heavy atom. The fourth-order valence-corrected chi connectivity index (χ4v) is 4.44. The van der Waals surface area contributed by atoms with Crippen molar-refractivity contribution in [2.75, 3.05) is 26.2 Å². The average Bonchev–Trinajstić information content (AvgIpc) is 3.33. The van der Waals surface area contributed by atoms with Gasteiger partial charge in [0.1, 0.15) is 18.0 Å². The van der Waals surface area contributed by atoms with E-state index in [1.165, 1.54) is 6.07 Å². The predicted molar refractivity (Wildman–Crippen MR) is 135 cm³/mol. The van der Waals surface area contributed by atoms with Crippen LogP contribution in [0.15, 0.2) is 73.1 Å². The lowest BCUT2D eigenvalue weighted by molar-refractivity contribution is -0.384. The molecule has 1 aliphatic rings. The number of benzene rings is 2. The van der Waals surface area contributed by atoms with Crippen molar-refractivity contribution in [3.8, 4) is 5.75 Å². The van der Waals surface area contributed by atoms with Crippen LogP contribution in [-0.2, 0) is 13.2 Å². The second-order valence-electron chi connectivity index (χ2n) is 8.96. The van der Waals surface area contributed by atoms with Crippen LogP contribution in [0.5, 0.6) is 5.75 Å². The van der Waals surface area contributed by atoms with Crippen LogP contribution in [0, 0.1) is 17.0 Å². The molecular formula is C27H27N5O4. The highest BCUT2D eigenvalue weighted by Crippen LogP contribution is 2.19. The minimum Gasteiger partial charge on any atom is -0.487 e. The number of ether oxygens (including phenoxy) is 1. The van der Waals surface area contributed by atoms with Gasteiger partial charge in [0, 0.05) is 62.8 Å². The number of carbonyl (C=O) groups excluding carboxylic acids is 1. The molecular weight excluding hydrogens is 458 g/mol. The molecule has 0 radical (unpaired) electrons. The van der Waals surface area contributed by atoms with E-state index >= 15 is 0 Å². The SMILES string of the molecule is Cc1cccn2cc(COc3ccc(C(=O)N4CCN(Cc5cccc([N+](=O)[O-])c5)CC4)cc3)nc12. The monoisotopic (exact) mass is 485 g/mol. The first-order valence-corrected chi connectivity index (χ1v) is 11.9. The number of nitro benzene ring substituents is 1. The summed E-state index contributed by atoms with van der Waals surface area (Å²) in [5.41, 5.74) is 4.49. The molecule has 36 heavy (non-hydrogen) atoms. The molecule has 2 aromatic heterocycles. The van der Waals surface area contributed by atoms with Crippen molar-refractivity contribution in [2.45, 2.75) is 20.1 Å². The summed E-state index contributed by atoms with van der Waals surface area (Å²) in [4.78, 5) is 32.3. The lowest BCUT2D eigenvalue weighted by Crippen LogP contribution is -2.48. The number of hydrogen-bond donors (Lipinski definition) is 0. The van der Waals surface area contributed by atoms with Gasteiger partial charge in [-0.3, -0.25) is 19.8 Å². The molecule has 0 atom stereocenters. The lowest BCUT2D eigenvalue weighted by atomic mass is 10.1. The van der Waals surface area contributed by atoms with Crippen LogP contribution in [0.1, 0.15) is 27.2 Å². The van der Waals surface area contributed by atoms with Crippen LogP contribution in [-0.4, -0.2) is 56.2 Å². The van der Waals surface area contributed by atoms with E-state index in [0.717, 1.165) is 22.5 Å². The van der Waals surface area contributed by atoms with Crippen LogP contribution in [0.3, 0.4) is 0 Å². The molecule has 1 fully saturated rings. The summed E-state index contributed by atoms with van der Waals surface area (Å²) in [7, 11) is 0. The number of hydrogen-bond acceptors (Lipinski definition) is 6. The number of piperazine rings is 1. The zero-order valence-electron chi connectivity index (χ0n) is 20.0. The molecule has 1 saturated heterocycles. The third-order valence-corrected chi connectivity index (χ3v) is 6.40. The van der Waals surface area contributed by atoms with E-state index in [2.05, 4.69) is 9.88 Å². The number of aromatic nitrogens is 2. The fourth-order valence-electron chi connectivity index (χ4n) is 4.44. The zero-order chi connectivity index (χ0) is 25.1. The van der Waals surface area contributed by atoms with Crippen molar-refractivity contribution in [3.63, 3.8) is 0 Å². The van der Waals surface area contributed by atoms with Crippen molar-refractivity contribution in [3.05, 3.63) is 106 Å². The van der Waals surface area contributed by atoms with Gasteiger partial charge in [-0.05, 0) is 48.4 Å². The maximum Gasteiger partial charge on any atom is 0.269 e. The summed E-state index contributed by atoms with van der Waals surface area (Å²) in [6.07, 6.45) is 3.92. The second kappa shape index (κ2) is 10.2. The third kappa shape index (κ3) is 5.21. The molecule has 1 aliphatic heterocycles. The quantitative estimate of drug-likeness (QED) is 0.289. The van der Waals surface area contributed by atoms with Gasteiger partial charge in [0.15, 0.2) is 0 Å². The van der Waals surface area contributed by atoms with E-state index in [1.807, 2.05) is 58.9 Å². The van der Waals surface area contributed by atoms with Gasteiger partial charge >= 0.3 is 0 Å². The van der Waals surface area contributed by atoms with E-state index in [0.29, 0.717) is 50.6 Å². The van der Waals surface area contributed by atoms with Crippen molar-refractivity contribution < 1.29 is 14.5 Å². The molecule has 184 valence electrons. The number of imidazole rings is 1. The van der Waals surface area contributed by atoms with E-state index < -0.39 is 0 Å². The summed E-state index contributed by atoms with van der Waals surface area (Å²) in [6.45, 7) is 5.66. The Morgan fingerprint density at radius 3 is 2.56 bits per heavy atom. The van der Waals surface area contributed by atoms with Gasteiger partial charge in [-0.1, -0.05) is 18.2 Å². The zero-order valence-corrected chi connectivity index (χ0v) is 20.0. The van der Waals surface area contributed by atoms with Gasteiger partial charge in [-0.25, -0.2) is 4.98 Å². The lowest BCUT2D eigenvalue weighted by Gasteiger charge is -2.34. The molecule has 4 aromatic rings. The topological polar surface area (TPSA) is 93.2 Å². The minimum atomic E-state index is -0.378. The number of nitrogens with zero attached hydrogens (tertiary/aromatic N) is 5. The number of nitro groups is 1. The number of pyridine rings is 1. The van der Waals surface area contributed by atoms with Gasteiger partial charge in [0.05, 0.1) is 10.6 Å². The first-order chi connectivity index (χ1) is 17.5. The Hall–Kier alpha value is -4.24. The Labute approximate surface area is 208 Å². The molecule has 9 nitrogen and oxygen atoms in total. The van der Waals surface area contributed by atoms with Crippen molar-refractivity contribution in [2.24, 2.45) is 0 Å². The van der Waals surface area contributed by atoms with Crippen LogP contribution < -0.4 is 4.74 Å². The molecule has 0 spiro atoms. The number of fused-ring (bicyclic) bond motifs is 1. The molecule has 3 heterocycles. The first kappa shape index (κ1) is 23.5. The van der Waals surface area contributed by atoms with Gasteiger partial charge in [0.25, 0.3) is 11.6 Å². The highest BCUT2D eigenvalue weighted by molar-refractivity contribution is 5.94. The van der Waals surface area contributed by atoms with Gasteiger partial charge in [-0.15, -0.1) is 0 Å². The summed E-state index contributed by atoms with van der Waals surface area (Å²) < 4.78 is 7.87. The van der Waals surface area contributed by atoms with Crippen molar-refractivity contribution >= 4 is 17.2 Å². The summed E-state index contributed by atoms with van der Waals surface area (Å²) >= 11 is 0. The van der Waals surface area contributed by atoms with E-state index in [9.17, 15) is 14.9 Å². The molecule has 2 aromatic carbocycles. The molecule has 0 saturated carbocycles. The van der Waals surface area contributed by atoms with Crippen LogP contribution in [0.25, 0.3) is 5.65 Å². The fraction of sp³-hybridized carbons (Fsp3) is 0.259. The van der Waals surface area contributed by atoms with E-state index in [1.54, 1.807) is 24.3 Å². The Morgan fingerprint density at radius 2 is 1.83 bits per heavy atom. The number of amides is 1. The molecule has 1 amide bonds. The maximum atomic E-state index is 13.0. The number of aryl methyl sites for hydroxylation is 1. The van der Waals surface area contributed by atoms with Gasteiger partial charge in [-0.2, -0.15) is 0 Å². The maximum absolute atomic E-state index is 13.0. The molecule has 9 heteroatoms. The van der Waals surface area contributed by atoms with E-state index in [-0.39, 0.29) is 16.5 Å². The number of rotatable bonds is 7. The van der Waals surface area contributed by atoms with E-state index in [4.69, 9.17) is 4.74 Å². The number of carbonyl (C=O) groups is 1. The van der Waals surface area contributed by atoms with Crippen LogP contribution in [0.2, 0.25) is 0 Å². The van der Waals surface area contributed by atoms with Gasteiger partial charge in [0.2, 0.25) is 0 Å². The predicted octanol–water partition coefficient (Wildman–Crippen LogP) is 4.09. The third-order valence-electron chi connectivity index (χ3n) is 6.40. The standard InChI is InChI=1S/C27H27N5O4/c1-20-4-3-11-31-18-23(28-26(20)31)19-36-25-9-7-22(8-10-25)27(33)30-14-12-29(13-15-30)17-21-5-2-6-24(16-21)32(34)35/h2-11,16,18H,12-15,17,19H2,1H3. The van der Waals surface area contributed by atoms with Gasteiger partial charge < -0.3 is 14.0 Å². The second-order valence-corrected chi connectivity index (χ2v) is 8.96. The summed E-state index contributed by atoms with van der Waals surface area (Å²) in [6, 6.07) is 17.9. The molecule has 0 bridgehead atoms. The molecule has 5 rings (SSSR count). The Bertz CT molecular complexity index is 1390. The normalized spacial score (nSPS) is 14.2. The highest BCUT2D eigenvalue weighted by Gasteiger charge is 2.22. The largest absolute Gasteiger partial charge is 0.487 e. The molecule has 0 unspecified atom stereocenters. The van der Waals surface area contributed by atoms with Crippen molar-refractivity contribution in [1.29, 1.82) is 0 Å². The van der Waals surface area contributed by atoms with Crippen LogP contribution >= 0.6 is 0 Å². The highest BCUT2D eigenvalue weighted by atomic mass is 16.6. The van der Waals surface area contributed by atoms with Crippen molar-refractivity contribution in [1.82, 2.24) is 19.2 Å². The Balaban J connectivity index is 1.13. The minimum absolute atomic E-state index is 0.00706. The Kier molecular flexibility index (Phi) is 6.64. The first-order valence-electron chi connectivity index (χ1n) is 11.9. The smallest absolute Gasteiger partial charge is 0.269 e. The average molecular weight is 486 g/mol.